The highest BCUT2D eigenvalue weighted by atomic mass is 35.5. The Kier molecular flexibility index (Phi) is 4.91. The predicted molar refractivity (Wildman–Crippen MR) is 92.0 cm³/mol. The molecular weight excluding hydrogens is 312 g/mol. The Morgan fingerprint density at radius 3 is 2.70 bits per heavy atom. The van der Waals surface area contributed by atoms with Crippen molar-refractivity contribution >= 4 is 23.2 Å². The van der Waals surface area contributed by atoms with Crippen molar-refractivity contribution in [3.63, 3.8) is 0 Å². The lowest BCUT2D eigenvalue weighted by atomic mass is 10.0. The predicted octanol–water partition coefficient (Wildman–Crippen LogP) is 2.87. The second-order valence-electron chi connectivity index (χ2n) is 5.76. The van der Waals surface area contributed by atoms with E-state index in [4.69, 9.17) is 11.6 Å². The van der Waals surface area contributed by atoms with Gasteiger partial charge in [-0.25, -0.2) is 9.97 Å². The van der Waals surface area contributed by atoms with E-state index in [-0.39, 0.29) is 0 Å². The van der Waals surface area contributed by atoms with Gasteiger partial charge in [0.25, 0.3) is 0 Å². The summed E-state index contributed by atoms with van der Waals surface area (Å²) in [6.45, 7) is 5.94. The van der Waals surface area contributed by atoms with Gasteiger partial charge in [-0.05, 0) is 38.3 Å². The molecule has 0 bridgehead atoms. The third kappa shape index (κ3) is 3.88. The monoisotopic (exact) mass is 332 g/mol. The molecule has 1 fully saturated rings. The second-order valence-corrected chi connectivity index (χ2v) is 6.15. The third-order valence-electron chi connectivity index (χ3n) is 4.14. The molecule has 3 heterocycles. The van der Waals surface area contributed by atoms with Gasteiger partial charge >= 0.3 is 0 Å². The van der Waals surface area contributed by atoms with E-state index >= 15 is 0 Å². The molecule has 0 amide bonds. The molecule has 7 heteroatoms. The van der Waals surface area contributed by atoms with Gasteiger partial charge in [0.15, 0.2) is 11.0 Å². The van der Waals surface area contributed by atoms with Crippen LogP contribution in [0.5, 0.6) is 0 Å². The van der Waals surface area contributed by atoms with Crippen LogP contribution in [0.4, 0.5) is 11.6 Å². The summed E-state index contributed by atoms with van der Waals surface area (Å²) < 4.78 is 0. The molecule has 0 aromatic carbocycles. The molecular formula is C16H21ClN6. The van der Waals surface area contributed by atoms with Crippen LogP contribution in [0, 0.1) is 6.92 Å². The van der Waals surface area contributed by atoms with E-state index < -0.39 is 0 Å². The zero-order valence-corrected chi connectivity index (χ0v) is 14.2. The van der Waals surface area contributed by atoms with Crippen LogP contribution in [0.3, 0.4) is 0 Å². The summed E-state index contributed by atoms with van der Waals surface area (Å²) in [6.07, 6.45) is 4.93. The number of piperidine rings is 1. The van der Waals surface area contributed by atoms with Crippen molar-refractivity contribution in [1.29, 1.82) is 0 Å². The number of nitrogens with one attached hydrogen (secondary N) is 1. The summed E-state index contributed by atoms with van der Waals surface area (Å²) in [5, 5.41) is 12.1. The van der Waals surface area contributed by atoms with E-state index in [0.29, 0.717) is 11.2 Å². The minimum Gasteiger partial charge on any atom is -0.367 e. The average Bonchev–Trinajstić information content (AvgIpc) is 2.57. The smallest absolute Gasteiger partial charge is 0.151 e. The van der Waals surface area contributed by atoms with Crippen LogP contribution in [-0.2, 0) is 6.42 Å². The first-order chi connectivity index (χ1) is 11.2. The highest BCUT2D eigenvalue weighted by molar-refractivity contribution is 6.29. The molecule has 1 N–H and O–H groups in total. The molecule has 0 unspecified atom stereocenters. The van der Waals surface area contributed by atoms with Gasteiger partial charge in [0.2, 0.25) is 0 Å². The largest absolute Gasteiger partial charge is 0.367 e. The average molecular weight is 333 g/mol. The molecule has 2 aromatic rings. The van der Waals surface area contributed by atoms with Crippen molar-refractivity contribution in [3.8, 4) is 0 Å². The molecule has 0 saturated carbocycles. The summed E-state index contributed by atoms with van der Waals surface area (Å²) in [5.41, 5.74) is 1.17. The molecule has 0 spiro atoms. The minimum absolute atomic E-state index is 0.422. The Hall–Kier alpha value is -1.95. The summed E-state index contributed by atoms with van der Waals surface area (Å²) in [4.78, 5) is 11.1. The number of halogens is 1. The molecule has 1 saturated heterocycles. The normalized spacial score (nSPS) is 15.7. The maximum absolute atomic E-state index is 5.79. The van der Waals surface area contributed by atoms with Crippen LogP contribution in [0.1, 0.15) is 31.2 Å². The fourth-order valence-corrected chi connectivity index (χ4v) is 2.90. The molecule has 1 aliphatic heterocycles. The second kappa shape index (κ2) is 7.08. The van der Waals surface area contributed by atoms with E-state index in [9.17, 15) is 0 Å². The first kappa shape index (κ1) is 15.9. The Balaban J connectivity index is 1.61. The van der Waals surface area contributed by atoms with Crippen LogP contribution in [0.15, 0.2) is 18.3 Å². The number of aromatic nitrogens is 4. The summed E-state index contributed by atoms with van der Waals surface area (Å²) in [5.74, 6) is 2.67. The van der Waals surface area contributed by atoms with Crippen LogP contribution in [0.2, 0.25) is 5.15 Å². The SMILES string of the molecule is CCc1cnc(C)nc1NC1CCN(c2ccc(Cl)nn2)CC1. The maximum Gasteiger partial charge on any atom is 0.151 e. The first-order valence-corrected chi connectivity index (χ1v) is 8.36. The van der Waals surface area contributed by atoms with Crippen LogP contribution >= 0.6 is 11.6 Å². The number of hydrogen-bond acceptors (Lipinski definition) is 6. The molecule has 0 atom stereocenters. The van der Waals surface area contributed by atoms with E-state index in [1.54, 1.807) is 6.07 Å². The van der Waals surface area contributed by atoms with Crippen molar-refractivity contribution < 1.29 is 0 Å². The number of hydrogen-bond donors (Lipinski definition) is 1. The summed E-state index contributed by atoms with van der Waals surface area (Å²) in [6, 6.07) is 4.13. The molecule has 2 aromatic heterocycles. The van der Waals surface area contributed by atoms with Crippen molar-refractivity contribution in [2.75, 3.05) is 23.3 Å². The van der Waals surface area contributed by atoms with Gasteiger partial charge in [0.05, 0.1) is 0 Å². The van der Waals surface area contributed by atoms with Gasteiger partial charge in [-0.2, -0.15) is 0 Å². The maximum atomic E-state index is 5.79. The number of rotatable bonds is 4. The van der Waals surface area contributed by atoms with E-state index in [2.05, 4.69) is 37.3 Å². The third-order valence-corrected chi connectivity index (χ3v) is 4.35. The van der Waals surface area contributed by atoms with Crippen molar-refractivity contribution in [2.24, 2.45) is 0 Å². The van der Waals surface area contributed by atoms with Gasteiger partial charge < -0.3 is 10.2 Å². The number of nitrogens with zero attached hydrogens (tertiary/aromatic N) is 5. The van der Waals surface area contributed by atoms with Gasteiger partial charge in [0, 0.05) is 30.9 Å². The molecule has 0 radical (unpaired) electrons. The summed E-state index contributed by atoms with van der Waals surface area (Å²) in [7, 11) is 0. The van der Waals surface area contributed by atoms with Crippen molar-refractivity contribution in [3.05, 3.63) is 34.9 Å². The Morgan fingerprint density at radius 1 is 1.26 bits per heavy atom. The van der Waals surface area contributed by atoms with Gasteiger partial charge in [0.1, 0.15) is 11.6 Å². The van der Waals surface area contributed by atoms with Crippen LogP contribution in [-0.4, -0.2) is 39.3 Å². The standard InChI is InChI=1S/C16H21ClN6/c1-3-12-10-18-11(2)19-16(12)20-13-6-8-23(9-7-13)15-5-4-14(17)21-22-15/h4-5,10,13H,3,6-9H2,1-2H3,(H,18,19,20). The summed E-state index contributed by atoms with van der Waals surface area (Å²) >= 11 is 5.79. The Bertz CT molecular complexity index is 652. The molecule has 1 aliphatic rings. The first-order valence-electron chi connectivity index (χ1n) is 7.99. The Morgan fingerprint density at radius 2 is 2.04 bits per heavy atom. The quantitative estimate of drug-likeness (QED) is 0.928. The number of anilines is 2. The number of aryl methyl sites for hydroxylation is 2. The lowest BCUT2D eigenvalue weighted by molar-refractivity contribution is 0.520. The van der Waals surface area contributed by atoms with Gasteiger partial charge in [-0.1, -0.05) is 18.5 Å². The van der Waals surface area contributed by atoms with E-state index in [1.165, 1.54) is 5.56 Å². The zero-order valence-electron chi connectivity index (χ0n) is 13.5. The minimum atomic E-state index is 0.422. The molecule has 23 heavy (non-hydrogen) atoms. The van der Waals surface area contributed by atoms with E-state index in [0.717, 1.165) is 49.8 Å². The Labute approximate surface area is 141 Å². The fraction of sp³-hybridized carbons (Fsp3) is 0.500. The van der Waals surface area contributed by atoms with Crippen LogP contribution in [0.25, 0.3) is 0 Å². The van der Waals surface area contributed by atoms with Crippen molar-refractivity contribution in [1.82, 2.24) is 20.2 Å². The lowest BCUT2D eigenvalue weighted by Gasteiger charge is -2.33. The zero-order chi connectivity index (χ0) is 16.2. The molecule has 122 valence electrons. The molecule has 3 rings (SSSR count). The van der Waals surface area contributed by atoms with Crippen LogP contribution < -0.4 is 10.2 Å². The van der Waals surface area contributed by atoms with Gasteiger partial charge in [-0.3, -0.25) is 0 Å². The van der Waals surface area contributed by atoms with Crippen molar-refractivity contribution in [2.45, 2.75) is 39.2 Å². The topological polar surface area (TPSA) is 66.8 Å². The molecule has 0 aliphatic carbocycles. The fourth-order valence-electron chi connectivity index (χ4n) is 2.80. The highest BCUT2D eigenvalue weighted by Gasteiger charge is 2.21. The van der Waals surface area contributed by atoms with Gasteiger partial charge in [-0.15, -0.1) is 10.2 Å². The lowest BCUT2D eigenvalue weighted by Crippen LogP contribution is -2.40. The highest BCUT2D eigenvalue weighted by Crippen LogP contribution is 2.22. The van der Waals surface area contributed by atoms with E-state index in [1.807, 2.05) is 19.2 Å². The molecule has 6 nitrogen and oxygen atoms in total.